The van der Waals surface area contributed by atoms with Crippen molar-refractivity contribution < 1.29 is 22.4 Å². The molecule has 0 aromatic heterocycles. The normalized spacial score (nSPS) is 18.0. The summed E-state index contributed by atoms with van der Waals surface area (Å²) in [6.45, 7) is 1.87. The Bertz CT molecular complexity index is 1190. The van der Waals surface area contributed by atoms with Crippen molar-refractivity contribution >= 4 is 23.0 Å². The van der Waals surface area contributed by atoms with E-state index < -0.39 is 46.5 Å². The zero-order chi connectivity index (χ0) is 23.0. The first-order chi connectivity index (χ1) is 15.3. The number of benzene rings is 3. The molecule has 3 aromatic rings. The van der Waals surface area contributed by atoms with Crippen LogP contribution in [0.4, 0.5) is 17.6 Å². The number of Topliss-reactive ketones (excluding diaryl/α,β-unsaturated/α-hetero) is 1. The van der Waals surface area contributed by atoms with Gasteiger partial charge in [0.15, 0.2) is 5.78 Å². The molecule has 0 saturated carbocycles. The number of carbonyl (C=O) groups excluding carboxylic acids is 1. The van der Waals surface area contributed by atoms with Crippen molar-refractivity contribution in [3.05, 3.63) is 111 Å². The Balaban J connectivity index is 1.82. The first-order valence-corrected chi connectivity index (χ1v) is 10.6. The van der Waals surface area contributed by atoms with Gasteiger partial charge in [-0.25, -0.2) is 17.6 Å². The summed E-state index contributed by atoms with van der Waals surface area (Å²) >= 11 is 5.98. The van der Waals surface area contributed by atoms with E-state index in [1.54, 1.807) is 24.3 Å². The SMILES string of the molecule is CCc1cc(F)ccc1C1CC(c2ccc(Cl)cc2)=CC1C(=O)c1c(F)cc(F)cc1F. The van der Waals surface area contributed by atoms with Gasteiger partial charge in [0, 0.05) is 29.0 Å². The quantitative estimate of drug-likeness (QED) is 0.285. The lowest BCUT2D eigenvalue weighted by atomic mass is 9.80. The summed E-state index contributed by atoms with van der Waals surface area (Å²) < 4.78 is 56.1. The number of carbonyl (C=O) groups is 1. The van der Waals surface area contributed by atoms with E-state index in [-0.39, 0.29) is 0 Å². The maximum absolute atomic E-state index is 14.4. The highest BCUT2D eigenvalue weighted by atomic mass is 35.5. The first kappa shape index (κ1) is 22.3. The average Bonchev–Trinajstić information content (AvgIpc) is 3.18. The van der Waals surface area contributed by atoms with E-state index in [4.69, 9.17) is 11.6 Å². The molecule has 164 valence electrons. The van der Waals surface area contributed by atoms with E-state index in [0.29, 0.717) is 30.0 Å². The van der Waals surface area contributed by atoms with Crippen molar-refractivity contribution in [3.63, 3.8) is 0 Å². The van der Waals surface area contributed by atoms with Gasteiger partial charge in [0.25, 0.3) is 0 Å². The molecule has 0 N–H and O–H groups in total. The Labute approximate surface area is 188 Å². The molecular formula is C26H19ClF4O. The summed E-state index contributed by atoms with van der Waals surface area (Å²) in [6.07, 6.45) is 2.64. The first-order valence-electron chi connectivity index (χ1n) is 10.2. The third-order valence-corrected chi connectivity index (χ3v) is 6.16. The lowest BCUT2D eigenvalue weighted by Gasteiger charge is -2.22. The zero-order valence-corrected chi connectivity index (χ0v) is 17.9. The van der Waals surface area contributed by atoms with Crippen LogP contribution in [-0.2, 0) is 6.42 Å². The molecule has 0 heterocycles. The van der Waals surface area contributed by atoms with E-state index in [1.165, 1.54) is 12.1 Å². The Morgan fingerprint density at radius 3 is 2.22 bits per heavy atom. The molecule has 2 atom stereocenters. The minimum Gasteiger partial charge on any atom is -0.293 e. The standard InChI is InChI=1S/C26H19ClF4O/c1-2-14-9-18(28)7-8-20(14)21-10-16(15-3-5-17(27)6-4-15)11-22(21)26(32)25-23(30)12-19(29)13-24(25)31/h3-9,11-13,21-22H,2,10H2,1H3. The van der Waals surface area contributed by atoms with Gasteiger partial charge < -0.3 is 0 Å². The van der Waals surface area contributed by atoms with Gasteiger partial charge in [-0.05, 0) is 59.4 Å². The number of halogens is 5. The van der Waals surface area contributed by atoms with Crippen molar-refractivity contribution in [2.45, 2.75) is 25.7 Å². The van der Waals surface area contributed by atoms with Crippen LogP contribution < -0.4 is 0 Å². The molecule has 0 bridgehead atoms. The Hall–Kier alpha value is -2.92. The van der Waals surface area contributed by atoms with Crippen molar-refractivity contribution in [1.82, 2.24) is 0 Å². The van der Waals surface area contributed by atoms with Crippen LogP contribution in [0.1, 0.15) is 46.3 Å². The second kappa shape index (κ2) is 8.91. The minimum atomic E-state index is -1.24. The molecule has 0 radical (unpaired) electrons. The molecule has 1 nitrogen and oxygen atoms in total. The number of allylic oxidation sites excluding steroid dienone is 2. The number of hydrogen-bond donors (Lipinski definition) is 0. The van der Waals surface area contributed by atoms with Crippen LogP contribution >= 0.6 is 11.6 Å². The summed E-state index contributed by atoms with van der Waals surface area (Å²) in [6, 6.07) is 12.4. The van der Waals surface area contributed by atoms with E-state index >= 15 is 0 Å². The molecule has 6 heteroatoms. The third-order valence-electron chi connectivity index (χ3n) is 5.91. The van der Waals surface area contributed by atoms with E-state index in [9.17, 15) is 22.4 Å². The van der Waals surface area contributed by atoms with Crippen molar-refractivity contribution in [3.8, 4) is 0 Å². The number of ketones is 1. The highest BCUT2D eigenvalue weighted by Gasteiger charge is 2.38. The monoisotopic (exact) mass is 458 g/mol. The van der Waals surface area contributed by atoms with E-state index in [2.05, 4.69) is 0 Å². The maximum atomic E-state index is 14.4. The third kappa shape index (κ3) is 4.22. The second-order valence-corrected chi connectivity index (χ2v) is 8.28. The largest absolute Gasteiger partial charge is 0.293 e. The molecule has 1 aliphatic carbocycles. The second-order valence-electron chi connectivity index (χ2n) is 7.84. The lowest BCUT2D eigenvalue weighted by molar-refractivity contribution is 0.0926. The van der Waals surface area contributed by atoms with Crippen LogP contribution in [-0.4, -0.2) is 5.78 Å². The van der Waals surface area contributed by atoms with Gasteiger partial charge in [-0.15, -0.1) is 0 Å². The number of hydrogen-bond acceptors (Lipinski definition) is 1. The molecule has 0 spiro atoms. The fourth-order valence-corrected chi connectivity index (χ4v) is 4.52. The maximum Gasteiger partial charge on any atom is 0.176 e. The van der Waals surface area contributed by atoms with E-state index in [0.717, 1.165) is 22.3 Å². The van der Waals surface area contributed by atoms with Crippen LogP contribution in [0.15, 0.2) is 60.7 Å². The van der Waals surface area contributed by atoms with Gasteiger partial charge in [0.05, 0.1) is 5.56 Å². The lowest BCUT2D eigenvalue weighted by Crippen LogP contribution is -2.21. The van der Waals surface area contributed by atoms with Gasteiger partial charge in [-0.3, -0.25) is 4.79 Å². The van der Waals surface area contributed by atoms with E-state index in [1.807, 2.05) is 19.1 Å². The molecule has 0 fully saturated rings. The summed E-state index contributed by atoms with van der Waals surface area (Å²) in [4.78, 5) is 13.3. The molecule has 4 rings (SSSR count). The van der Waals surface area contributed by atoms with Crippen molar-refractivity contribution in [1.29, 1.82) is 0 Å². The van der Waals surface area contributed by atoms with Gasteiger partial charge in [0.1, 0.15) is 23.3 Å². The fraction of sp³-hybridized carbons (Fsp3) is 0.192. The van der Waals surface area contributed by atoms with Crippen LogP contribution in [0.25, 0.3) is 5.57 Å². The summed E-state index contributed by atoms with van der Waals surface area (Å²) in [7, 11) is 0. The summed E-state index contributed by atoms with van der Waals surface area (Å²) in [5.41, 5.74) is 2.35. The van der Waals surface area contributed by atoms with Crippen molar-refractivity contribution in [2.24, 2.45) is 5.92 Å². The van der Waals surface area contributed by atoms with Gasteiger partial charge in [-0.2, -0.15) is 0 Å². The smallest absolute Gasteiger partial charge is 0.176 e. The van der Waals surface area contributed by atoms with Gasteiger partial charge in [-0.1, -0.05) is 42.8 Å². The van der Waals surface area contributed by atoms with Gasteiger partial charge >= 0.3 is 0 Å². The fourth-order valence-electron chi connectivity index (χ4n) is 4.39. The summed E-state index contributed by atoms with van der Waals surface area (Å²) in [5.74, 6) is -6.10. The molecule has 0 aliphatic heterocycles. The predicted molar refractivity (Wildman–Crippen MR) is 117 cm³/mol. The highest BCUT2D eigenvalue weighted by molar-refractivity contribution is 6.30. The highest BCUT2D eigenvalue weighted by Crippen LogP contribution is 2.45. The molecule has 0 saturated heterocycles. The van der Waals surface area contributed by atoms with Crippen LogP contribution in [0, 0.1) is 29.2 Å². The minimum absolute atomic E-state index is 0.395. The van der Waals surface area contributed by atoms with Crippen LogP contribution in [0.5, 0.6) is 0 Å². The summed E-state index contributed by atoms with van der Waals surface area (Å²) in [5, 5.41) is 0.554. The van der Waals surface area contributed by atoms with Crippen molar-refractivity contribution in [2.75, 3.05) is 0 Å². The molecule has 1 aliphatic rings. The van der Waals surface area contributed by atoms with Crippen LogP contribution in [0.3, 0.4) is 0 Å². The number of aryl methyl sites for hydroxylation is 1. The molecule has 2 unspecified atom stereocenters. The molecule has 0 amide bonds. The predicted octanol–water partition coefficient (Wildman–Crippen LogP) is 7.53. The topological polar surface area (TPSA) is 17.1 Å². The van der Waals surface area contributed by atoms with Crippen LogP contribution in [0.2, 0.25) is 5.02 Å². The molecular weight excluding hydrogens is 440 g/mol. The zero-order valence-electron chi connectivity index (χ0n) is 17.1. The van der Waals surface area contributed by atoms with Gasteiger partial charge in [0.2, 0.25) is 0 Å². The Morgan fingerprint density at radius 1 is 0.938 bits per heavy atom. The number of rotatable bonds is 5. The Kier molecular flexibility index (Phi) is 6.20. The Morgan fingerprint density at radius 2 is 1.59 bits per heavy atom. The molecule has 32 heavy (non-hydrogen) atoms. The average molecular weight is 459 g/mol. The molecule has 3 aromatic carbocycles.